The third-order valence-corrected chi connectivity index (χ3v) is 9.07. The molecule has 0 aliphatic rings. The van der Waals surface area contributed by atoms with Gasteiger partial charge in [0.25, 0.3) is 0 Å². The lowest BCUT2D eigenvalue weighted by Gasteiger charge is -2.41. The quantitative estimate of drug-likeness (QED) is 0.172. The Balaban J connectivity index is 3.64. The molecule has 3 N–H and O–H groups in total. The van der Waals surface area contributed by atoms with Crippen LogP contribution >= 0.6 is 0 Å². The zero-order chi connectivity index (χ0) is 30.3. The number of rotatable bonds is 18. The zero-order valence-electron chi connectivity index (χ0n) is 28.1. The second-order valence-electron chi connectivity index (χ2n) is 17.0. The highest BCUT2D eigenvalue weighted by Gasteiger charge is 2.37. The maximum atomic E-state index is 9.46. The summed E-state index contributed by atoms with van der Waals surface area (Å²) in [5, 5.41) is 28.4. The molecule has 0 aromatic heterocycles. The largest absolute Gasteiger partial charge is 0.396 e. The predicted molar refractivity (Wildman–Crippen MR) is 170 cm³/mol. The summed E-state index contributed by atoms with van der Waals surface area (Å²) in [5.74, 6) is 0. The molecule has 1 aromatic rings. The van der Waals surface area contributed by atoms with E-state index in [0.29, 0.717) is 0 Å². The van der Waals surface area contributed by atoms with Crippen LogP contribution in [0.4, 0.5) is 0 Å². The maximum absolute atomic E-state index is 9.46. The second kappa shape index (κ2) is 13.8. The van der Waals surface area contributed by atoms with Gasteiger partial charge < -0.3 is 15.3 Å². The van der Waals surface area contributed by atoms with Crippen LogP contribution in [0, 0.1) is 16.2 Å². The van der Waals surface area contributed by atoms with E-state index in [0.717, 1.165) is 57.8 Å². The van der Waals surface area contributed by atoms with E-state index < -0.39 is 0 Å². The van der Waals surface area contributed by atoms with Gasteiger partial charge in [0, 0.05) is 19.8 Å². The van der Waals surface area contributed by atoms with Crippen LogP contribution in [0.25, 0.3) is 0 Å². The Bertz CT molecular complexity index is 747. The molecule has 0 unspecified atom stereocenters. The molecule has 39 heavy (non-hydrogen) atoms. The van der Waals surface area contributed by atoms with Crippen LogP contribution in [0.2, 0.25) is 0 Å². The van der Waals surface area contributed by atoms with Gasteiger partial charge in [0.2, 0.25) is 0 Å². The van der Waals surface area contributed by atoms with Gasteiger partial charge in [-0.3, -0.25) is 0 Å². The lowest BCUT2D eigenvalue weighted by Crippen LogP contribution is -2.32. The van der Waals surface area contributed by atoms with Crippen molar-refractivity contribution in [3.8, 4) is 0 Å². The van der Waals surface area contributed by atoms with Crippen molar-refractivity contribution >= 4 is 0 Å². The SMILES string of the molecule is CC(C)(CCCO)CC(C)(C)c1cc(C(C)(C)CC(C)(C)CCCO)cc(C(C)(C)CC(C)(C)CCCO)c1. The smallest absolute Gasteiger partial charge is 0.0431 e. The molecule has 0 atom stereocenters. The summed E-state index contributed by atoms with van der Waals surface area (Å²) >= 11 is 0. The molecule has 1 aromatic carbocycles. The molecule has 3 heteroatoms. The minimum Gasteiger partial charge on any atom is -0.396 e. The van der Waals surface area contributed by atoms with Crippen molar-refractivity contribution in [3.05, 3.63) is 34.9 Å². The minimum atomic E-state index is -0.00527. The van der Waals surface area contributed by atoms with Gasteiger partial charge in [-0.15, -0.1) is 0 Å². The van der Waals surface area contributed by atoms with Gasteiger partial charge in [-0.1, -0.05) is 101 Å². The van der Waals surface area contributed by atoms with Gasteiger partial charge in [0.05, 0.1) is 0 Å². The molecule has 228 valence electrons. The van der Waals surface area contributed by atoms with Crippen molar-refractivity contribution in [1.82, 2.24) is 0 Å². The fraction of sp³-hybridized carbons (Fsp3) is 0.833. The van der Waals surface area contributed by atoms with E-state index in [9.17, 15) is 15.3 Å². The molecule has 0 bridgehead atoms. The Morgan fingerprint density at radius 1 is 0.410 bits per heavy atom. The Morgan fingerprint density at radius 3 is 0.795 bits per heavy atom. The van der Waals surface area contributed by atoms with Gasteiger partial charge in [0.1, 0.15) is 0 Å². The molecule has 0 saturated heterocycles. The van der Waals surface area contributed by atoms with Crippen LogP contribution < -0.4 is 0 Å². The van der Waals surface area contributed by atoms with E-state index in [2.05, 4.69) is 101 Å². The van der Waals surface area contributed by atoms with Gasteiger partial charge >= 0.3 is 0 Å². The van der Waals surface area contributed by atoms with E-state index in [1.807, 2.05) is 0 Å². The number of benzene rings is 1. The highest BCUT2D eigenvalue weighted by atomic mass is 16.3. The molecule has 3 nitrogen and oxygen atoms in total. The molecule has 0 aliphatic carbocycles. The summed E-state index contributed by atoms with van der Waals surface area (Å²) in [4.78, 5) is 0. The average molecular weight is 547 g/mol. The molecule has 0 radical (unpaired) electrons. The Morgan fingerprint density at radius 2 is 0.615 bits per heavy atom. The van der Waals surface area contributed by atoms with Crippen LogP contribution in [0.1, 0.15) is 158 Å². The van der Waals surface area contributed by atoms with Crippen LogP contribution in [-0.4, -0.2) is 35.1 Å². The minimum absolute atomic E-state index is 0.00527. The third kappa shape index (κ3) is 11.9. The van der Waals surface area contributed by atoms with Crippen molar-refractivity contribution < 1.29 is 15.3 Å². The van der Waals surface area contributed by atoms with E-state index in [-0.39, 0.29) is 52.3 Å². The summed E-state index contributed by atoms with van der Waals surface area (Å²) in [5.41, 5.74) is 4.65. The van der Waals surface area contributed by atoms with Gasteiger partial charge in [-0.25, -0.2) is 0 Å². The van der Waals surface area contributed by atoms with Crippen molar-refractivity contribution in [2.75, 3.05) is 19.8 Å². The molecule has 0 aliphatic heterocycles. The zero-order valence-corrected chi connectivity index (χ0v) is 28.1. The molecular formula is C36H66O3. The first-order valence-corrected chi connectivity index (χ1v) is 15.6. The van der Waals surface area contributed by atoms with Crippen molar-refractivity contribution in [3.63, 3.8) is 0 Å². The monoisotopic (exact) mass is 547 g/mol. The average Bonchev–Trinajstić information content (AvgIpc) is 2.78. The summed E-state index contributed by atoms with van der Waals surface area (Å²) in [6.45, 7) is 29.2. The fourth-order valence-electron chi connectivity index (χ4n) is 7.63. The highest BCUT2D eigenvalue weighted by Crippen LogP contribution is 2.46. The maximum Gasteiger partial charge on any atom is 0.0431 e. The van der Waals surface area contributed by atoms with E-state index in [1.54, 1.807) is 0 Å². The standard InChI is InChI=1S/C36H66O3/c1-31(2,16-13-19-37)25-34(7,8)28-22-29(35(9,10)26-32(3,4)17-14-20-38)24-30(23-28)36(11,12)27-33(5,6)18-15-21-39/h22-24,37-39H,13-21,25-27H2,1-12H3. The summed E-state index contributed by atoms with van der Waals surface area (Å²) in [6.07, 6.45) is 8.80. The number of aliphatic hydroxyl groups is 3. The Kier molecular flexibility index (Phi) is 12.8. The second-order valence-corrected chi connectivity index (χ2v) is 17.0. The Labute approximate surface area is 243 Å². The first kappa shape index (κ1) is 36.1. The highest BCUT2D eigenvalue weighted by molar-refractivity contribution is 5.41. The number of hydrogen-bond donors (Lipinski definition) is 3. The number of hydrogen-bond acceptors (Lipinski definition) is 3. The lowest BCUT2D eigenvalue weighted by molar-refractivity contribution is 0.197. The third-order valence-electron chi connectivity index (χ3n) is 9.07. The molecule has 1 rings (SSSR count). The first-order chi connectivity index (χ1) is 17.6. The molecular weight excluding hydrogens is 480 g/mol. The van der Waals surface area contributed by atoms with Crippen LogP contribution in [0.3, 0.4) is 0 Å². The molecule has 0 heterocycles. The van der Waals surface area contributed by atoms with Crippen molar-refractivity contribution in [2.45, 2.75) is 157 Å². The van der Waals surface area contributed by atoms with E-state index in [1.165, 1.54) is 16.7 Å². The summed E-state index contributed by atoms with van der Waals surface area (Å²) < 4.78 is 0. The first-order valence-electron chi connectivity index (χ1n) is 15.6. The normalized spacial score (nSPS) is 14.2. The topological polar surface area (TPSA) is 60.7 Å². The van der Waals surface area contributed by atoms with E-state index >= 15 is 0 Å². The van der Waals surface area contributed by atoms with Crippen LogP contribution in [-0.2, 0) is 16.2 Å². The predicted octanol–water partition coefficient (Wildman–Crippen LogP) is 9.09. The fourth-order valence-corrected chi connectivity index (χ4v) is 7.63. The lowest BCUT2D eigenvalue weighted by atomic mass is 9.64. The van der Waals surface area contributed by atoms with Crippen LogP contribution in [0.5, 0.6) is 0 Å². The number of aliphatic hydroxyl groups excluding tert-OH is 3. The Hall–Kier alpha value is -0.900. The van der Waals surface area contributed by atoms with Gasteiger partial charge in [0.15, 0.2) is 0 Å². The van der Waals surface area contributed by atoms with Crippen LogP contribution in [0.15, 0.2) is 18.2 Å². The molecule has 0 fully saturated rings. The van der Waals surface area contributed by atoms with Crippen molar-refractivity contribution in [2.24, 2.45) is 16.2 Å². The van der Waals surface area contributed by atoms with Crippen molar-refractivity contribution in [1.29, 1.82) is 0 Å². The van der Waals surface area contributed by atoms with Gasteiger partial charge in [-0.2, -0.15) is 0 Å². The van der Waals surface area contributed by atoms with E-state index in [4.69, 9.17) is 0 Å². The molecule has 0 amide bonds. The summed E-state index contributed by atoms with van der Waals surface area (Å²) in [7, 11) is 0. The van der Waals surface area contributed by atoms with Gasteiger partial charge in [-0.05, 0) is 107 Å². The molecule has 0 saturated carbocycles. The summed E-state index contributed by atoms with van der Waals surface area (Å²) in [6, 6.07) is 7.46. The molecule has 0 spiro atoms.